The Morgan fingerprint density at radius 2 is 2.09 bits per heavy atom. The van der Waals surface area contributed by atoms with E-state index in [0.29, 0.717) is 11.6 Å². The van der Waals surface area contributed by atoms with E-state index < -0.39 is 0 Å². The number of aryl methyl sites for hydroxylation is 1. The number of hydrogen-bond acceptors (Lipinski definition) is 5. The topological polar surface area (TPSA) is 46.8 Å². The molecule has 22 heavy (non-hydrogen) atoms. The lowest BCUT2D eigenvalue weighted by atomic mass is 10.1. The van der Waals surface area contributed by atoms with Gasteiger partial charge in [-0.05, 0) is 49.0 Å². The Balaban J connectivity index is 1.68. The van der Waals surface area contributed by atoms with E-state index in [4.69, 9.17) is 4.74 Å². The van der Waals surface area contributed by atoms with Crippen molar-refractivity contribution < 1.29 is 4.74 Å². The Kier molecular flexibility index (Phi) is 5.16. The molecule has 0 N–H and O–H groups in total. The number of aromatic nitrogens is 1. The zero-order valence-corrected chi connectivity index (χ0v) is 13.5. The number of nitrogens with zero attached hydrogens (tertiary/aromatic N) is 3. The van der Waals surface area contributed by atoms with E-state index in [9.17, 15) is 4.79 Å². The van der Waals surface area contributed by atoms with Gasteiger partial charge >= 0.3 is 0 Å². The van der Waals surface area contributed by atoms with Crippen molar-refractivity contribution in [3.05, 3.63) is 28.2 Å². The van der Waals surface area contributed by atoms with Gasteiger partial charge in [0.05, 0.1) is 18.4 Å². The molecule has 3 rings (SSSR count). The van der Waals surface area contributed by atoms with E-state index in [2.05, 4.69) is 27.3 Å². The summed E-state index contributed by atoms with van der Waals surface area (Å²) in [5, 5.41) is 2.32. The van der Waals surface area contributed by atoms with Crippen LogP contribution in [0.2, 0.25) is 0 Å². The molecule has 2 heterocycles. The fourth-order valence-corrected chi connectivity index (χ4v) is 2.97. The minimum Gasteiger partial charge on any atom is -0.379 e. The molecule has 2 aliphatic rings. The Morgan fingerprint density at radius 3 is 2.77 bits per heavy atom. The molecule has 2 fully saturated rings. The number of aliphatic imine (C=N–C) groups is 1. The van der Waals surface area contributed by atoms with E-state index in [-0.39, 0.29) is 5.56 Å². The number of thiocarbonyl (C=S) groups is 1. The van der Waals surface area contributed by atoms with Crippen molar-refractivity contribution in [2.24, 2.45) is 4.99 Å². The molecule has 1 aliphatic carbocycles. The maximum atomic E-state index is 12.4. The van der Waals surface area contributed by atoms with Crippen molar-refractivity contribution in [2.75, 3.05) is 32.8 Å². The predicted octanol–water partition coefficient (Wildman–Crippen LogP) is 2.18. The molecule has 0 amide bonds. The van der Waals surface area contributed by atoms with Crippen molar-refractivity contribution >= 4 is 23.1 Å². The highest BCUT2D eigenvalue weighted by Gasteiger charge is 2.25. The van der Waals surface area contributed by atoms with Crippen molar-refractivity contribution in [3.63, 3.8) is 0 Å². The summed E-state index contributed by atoms with van der Waals surface area (Å²) in [6.45, 7) is 5.30. The number of morpholine rings is 1. The Bertz CT molecular complexity index is 627. The first-order valence-electron chi connectivity index (χ1n) is 7.90. The van der Waals surface area contributed by atoms with E-state index in [1.165, 1.54) is 18.4 Å². The number of ether oxygens (including phenoxy) is 1. The molecule has 1 saturated heterocycles. The second kappa shape index (κ2) is 7.29. The summed E-state index contributed by atoms with van der Waals surface area (Å²) >= 11 is 4.65. The number of isothiocyanates is 1. The molecule has 1 aromatic heterocycles. The van der Waals surface area contributed by atoms with Gasteiger partial charge in [-0.3, -0.25) is 9.69 Å². The fraction of sp³-hybridized carbons (Fsp3) is 0.625. The average molecular weight is 319 g/mol. The standard InChI is InChI=1S/C16H21N3O2S/c20-16-15(17-12-22)10-14(13-2-3-13)11-19(16)5-1-4-18-6-8-21-9-7-18/h10-11,13H,1-9H2. The second-order valence-corrected chi connectivity index (χ2v) is 6.12. The fourth-order valence-electron chi connectivity index (χ4n) is 2.87. The zero-order chi connectivity index (χ0) is 15.4. The van der Waals surface area contributed by atoms with E-state index in [1.807, 2.05) is 12.3 Å². The van der Waals surface area contributed by atoms with Gasteiger partial charge in [-0.2, -0.15) is 4.99 Å². The molecule has 1 aromatic rings. The highest BCUT2D eigenvalue weighted by Crippen LogP contribution is 2.40. The maximum Gasteiger partial charge on any atom is 0.277 e. The second-order valence-electron chi connectivity index (χ2n) is 5.94. The Morgan fingerprint density at radius 1 is 1.32 bits per heavy atom. The average Bonchev–Trinajstić information content (AvgIpc) is 3.37. The summed E-state index contributed by atoms with van der Waals surface area (Å²) in [6.07, 6.45) is 5.36. The van der Waals surface area contributed by atoms with Crippen LogP contribution in [-0.4, -0.2) is 47.5 Å². The summed E-state index contributed by atoms with van der Waals surface area (Å²) in [6, 6.07) is 1.87. The SMILES string of the molecule is O=c1c(N=C=S)cc(C2CC2)cn1CCCN1CCOCC1. The number of rotatable bonds is 6. The summed E-state index contributed by atoms with van der Waals surface area (Å²) in [5.74, 6) is 0.588. The quantitative estimate of drug-likeness (QED) is 0.596. The first kappa shape index (κ1) is 15.6. The van der Waals surface area contributed by atoms with Crippen LogP contribution < -0.4 is 5.56 Å². The molecule has 0 bridgehead atoms. The van der Waals surface area contributed by atoms with Crippen LogP contribution in [0.25, 0.3) is 0 Å². The van der Waals surface area contributed by atoms with Gasteiger partial charge < -0.3 is 9.30 Å². The predicted molar refractivity (Wildman–Crippen MR) is 89.2 cm³/mol. The van der Waals surface area contributed by atoms with Crippen LogP contribution in [0.5, 0.6) is 0 Å². The Hall–Kier alpha value is -1.33. The summed E-state index contributed by atoms with van der Waals surface area (Å²) in [4.78, 5) is 18.7. The normalized spacial score (nSPS) is 18.9. The highest BCUT2D eigenvalue weighted by atomic mass is 32.1. The summed E-state index contributed by atoms with van der Waals surface area (Å²) < 4.78 is 7.14. The van der Waals surface area contributed by atoms with Crippen LogP contribution in [0.3, 0.4) is 0 Å². The van der Waals surface area contributed by atoms with Gasteiger partial charge in [0, 0.05) is 32.4 Å². The summed E-state index contributed by atoms with van der Waals surface area (Å²) in [7, 11) is 0. The molecule has 0 radical (unpaired) electrons. The van der Waals surface area contributed by atoms with Gasteiger partial charge in [-0.1, -0.05) is 0 Å². The first-order chi connectivity index (χ1) is 10.8. The van der Waals surface area contributed by atoms with E-state index in [0.717, 1.165) is 45.8 Å². The van der Waals surface area contributed by atoms with Gasteiger partial charge in [0.15, 0.2) is 0 Å². The van der Waals surface area contributed by atoms with Gasteiger partial charge in [0.25, 0.3) is 5.56 Å². The van der Waals surface area contributed by atoms with Crippen LogP contribution in [0.15, 0.2) is 22.1 Å². The number of hydrogen-bond donors (Lipinski definition) is 0. The van der Waals surface area contributed by atoms with Gasteiger partial charge in [-0.15, -0.1) is 0 Å². The maximum absolute atomic E-state index is 12.4. The molecule has 1 aliphatic heterocycles. The number of pyridine rings is 1. The molecule has 118 valence electrons. The lowest BCUT2D eigenvalue weighted by Crippen LogP contribution is -2.37. The van der Waals surface area contributed by atoms with Crippen LogP contribution in [0.4, 0.5) is 5.69 Å². The van der Waals surface area contributed by atoms with Crippen LogP contribution in [-0.2, 0) is 11.3 Å². The lowest BCUT2D eigenvalue weighted by molar-refractivity contribution is 0.0369. The molecule has 0 unspecified atom stereocenters. The zero-order valence-electron chi connectivity index (χ0n) is 12.7. The van der Waals surface area contributed by atoms with Crippen LogP contribution >= 0.6 is 12.2 Å². The minimum atomic E-state index is -0.0660. The van der Waals surface area contributed by atoms with Crippen LogP contribution in [0.1, 0.15) is 30.7 Å². The molecule has 0 atom stereocenters. The molecule has 1 saturated carbocycles. The molecular formula is C16H21N3O2S. The Labute approximate surface area is 135 Å². The van der Waals surface area contributed by atoms with Crippen LogP contribution in [0, 0.1) is 0 Å². The molecule has 6 heteroatoms. The van der Waals surface area contributed by atoms with Crippen molar-refractivity contribution in [1.82, 2.24) is 9.47 Å². The van der Waals surface area contributed by atoms with Crippen molar-refractivity contribution in [2.45, 2.75) is 31.7 Å². The molecule has 0 spiro atoms. The third-order valence-electron chi connectivity index (χ3n) is 4.28. The minimum absolute atomic E-state index is 0.0660. The largest absolute Gasteiger partial charge is 0.379 e. The van der Waals surface area contributed by atoms with Gasteiger partial charge in [0.1, 0.15) is 5.69 Å². The summed E-state index contributed by atoms with van der Waals surface area (Å²) in [5.41, 5.74) is 1.56. The van der Waals surface area contributed by atoms with Gasteiger partial charge in [0.2, 0.25) is 0 Å². The van der Waals surface area contributed by atoms with E-state index in [1.54, 1.807) is 4.57 Å². The van der Waals surface area contributed by atoms with Gasteiger partial charge in [-0.25, -0.2) is 0 Å². The van der Waals surface area contributed by atoms with Crippen molar-refractivity contribution in [3.8, 4) is 0 Å². The van der Waals surface area contributed by atoms with Crippen molar-refractivity contribution in [1.29, 1.82) is 0 Å². The third-order valence-corrected chi connectivity index (χ3v) is 4.37. The molecule has 5 nitrogen and oxygen atoms in total. The first-order valence-corrected chi connectivity index (χ1v) is 8.31. The third kappa shape index (κ3) is 3.90. The highest BCUT2D eigenvalue weighted by molar-refractivity contribution is 7.78. The monoisotopic (exact) mass is 319 g/mol. The molecular weight excluding hydrogens is 298 g/mol. The lowest BCUT2D eigenvalue weighted by Gasteiger charge is -2.26. The van der Waals surface area contributed by atoms with E-state index >= 15 is 0 Å². The molecule has 0 aromatic carbocycles. The smallest absolute Gasteiger partial charge is 0.277 e.